The topological polar surface area (TPSA) is 97.0 Å². The van der Waals surface area contributed by atoms with Crippen LogP contribution < -0.4 is 25.0 Å². The van der Waals surface area contributed by atoms with Gasteiger partial charge in [-0.05, 0) is 55.5 Å². The van der Waals surface area contributed by atoms with Gasteiger partial charge >= 0.3 is 18.0 Å². The molecule has 0 radical (unpaired) electrons. The van der Waals surface area contributed by atoms with Gasteiger partial charge in [0.2, 0.25) is 0 Å². The lowest BCUT2D eigenvalue weighted by Crippen LogP contribution is -2.58. The molecule has 2 aromatic rings. The Balaban J connectivity index is 1.21. The van der Waals surface area contributed by atoms with Crippen molar-refractivity contribution in [3.05, 3.63) is 52.3 Å². The number of anilines is 1. The van der Waals surface area contributed by atoms with E-state index in [4.69, 9.17) is 32.7 Å². The molecule has 0 aromatic heterocycles. The molecule has 2 bridgehead atoms. The summed E-state index contributed by atoms with van der Waals surface area (Å²) >= 11 is 11.5. The van der Waals surface area contributed by atoms with Crippen molar-refractivity contribution in [1.82, 2.24) is 10.6 Å². The summed E-state index contributed by atoms with van der Waals surface area (Å²) in [5.41, 5.74) is -1.09. The molecule has 0 saturated heterocycles. The van der Waals surface area contributed by atoms with Crippen LogP contribution in [0.4, 0.5) is 32.0 Å². The molecule has 42 heavy (non-hydrogen) atoms. The van der Waals surface area contributed by atoms with Gasteiger partial charge in [-0.1, -0.05) is 23.2 Å². The second-order valence-corrected chi connectivity index (χ2v) is 11.2. The number of halogens is 8. The van der Waals surface area contributed by atoms with Gasteiger partial charge < -0.3 is 20.1 Å². The van der Waals surface area contributed by atoms with Crippen LogP contribution in [-0.4, -0.2) is 60.7 Å². The van der Waals surface area contributed by atoms with E-state index in [9.17, 15) is 40.7 Å². The van der Waals surface area contributed by atoms with Gasteiger partial charge in [-0.3, -0.25) is 19.3 Å². The van der Waals surface area contributed by atoms with Crippen LogP contribution in [0.15, 0.2) is 36.4 Å². The number of hydrogen-bond donors (Lipinski definition) is 2. The molecule has 4 aliphatic rings. The van der Waals surface area contributed by atoms with Crippen molar-refractivity contribution in [2.24, 2.45) is 5.92 Å². The van der Waals surface area contributed by atoms with E-state index in [0.717, 1.165) is 18.2 Å². The summed E-state index contributed by atoms with van der Waals surface area (Å²) in [7, 11) is 0. The van der Waals surface area contributed by atoms with E-state index in [-0.39, 0.29) is 32.4 Å². The highest BCUT2D eigenvalue weighted by Gasteiger charge is 2.65. The van der Waals surface area contributed by atoms with E-state index in [1.54, 1.807) is 0 Å². The first-order valence-corrected chi connectivity index (χ1v) is 13.3. The first kappa shape index (κ1) is 30.1. The lowest BCUT2D eigenvalue weighted by atomic mass is 9.76. The monoisotopic (exact) mass is 639 g/mol. The normalized spacial score (nSPS) is 24.7. The molecular formula is C26H21Cl2F6N3O5. The number of nitrogens with zero attached hydrogens (tertiary/aromatic N) is 1. The summed E-state index contributed by atoms with van der Waals surface area (Å²) in [6, 6.07) is 6.65. The van der Waals surface area contributed by atoms with Crippen molar-refractivity contribution in [3.63, 3.8) is 0 Å². The number of rotatable bonds is 7. The van der Waals surface area contributed by atoms with Crippen LogP contribution in [0.5, 0.6) is 11.5 Å². The first-order chi connectivity index (χ1) is 19.6. The number of hydrogen-bond acceptors (Lipinski definition) is 5. The molecule has 3 fully saturated rings. The highest BCUT2D eigenvalue weighted by atomic mass is 35.5. The van der Waals surface area contributed by atoms with Gasteiger partial charge in [0.25, 0.3) is 11.8 Å². The van der Waals surface area contributed by atoms with Gasteiger partial charge in [0.05, 0.1) is 17.3 Å². The van der Waals surface area contributed by atoms with Crippen molar-refractivity contribution in [3.8, 4) is 11.5 Å². The third kappa shape index (κ3) is 5.65. The number of carbonyl (C=O) groups excluding carboxylic acids is 3. The highest BCUT2D eigenvalue weighted by molar-refractivity contribution is 6.31. The average molecular weight is 640 g/mol. The van der Waals surface area contributed by atoms with Crippen LogP contribution >= 0.6 is 23.2 Å². The molecule has 3 aliphatic carbocycles. The second-order valence-electron chi connectivity index (χ2n) is 10.4. The minimum atomic E-state index is -6.17. The minimum Gasteiger partial charge on any atom is -0.484 e. The van der Waals surface area contributed by atoms with Crippen LogP contribution in [0.3, 0.4) is 0 Å². The molecule has 2 N–H and O–H groups in total. The number of nitrogens with one attached hydrogen (secondary N) is 2. The zero-order valence-corrected chi connectivity index (χ0v) is 22.8. The van der Waals surface area contributed by atoms with Gasteiger partial charge in [0.1, 0.15) is 17.3 Å². The third-order valence-electron chi connectivity index (χ3n) is 7.47. The van der Waals surface area contributed by atoms with Crippen LogP contribution in [0.25, 0.3) is 0 Å². The first-order valence-electron chi connectivity index (χ1n) is 12.5. The highest BCUT2D eigenvalue weighted by Crippen LogP contribution is 2.52. The molecule has 2 atom stereocenters. The molecule has 1 heterocycles. The maximum atomic E-state index is 14.0. The number of fused-ring (bicyclic) bond motifs is 2. The molecule has 8 nitrogen and oxygen atoms in total. The van der Waals surface area contributed by atoms with Crippen LogP contribution in [-0.2, 0) is 14.4 Å². The number of alkyl halides is 5. The van der Waals surface area contributed by atoms with E-state index in [1.165, 1.54) is 18.2 Å². The smallest absolute Gasteiger partial charge is 0.463 e. The predicted molar refractivity (Wildman–Crippen MR) is 136 cm³/mol. The van der Waals surface area contributed by atoms with Gasteiger partial charge in [0.15, 0.2) is 12.7 Å². The molecule has 1 aliphatic heterocycles. The fourth-order valence-electron chi connectivity index (χ4n) is 5.50. The Bertz CT molecular complexity index is 1440. The average Bonchev–Trinajstić information content (AvgIpc) is 3.41. The lowest BCUT2D eigenvalue weighted by molar-refractivity contribution is -0.268. The number of ether oxygens (including phenoxy) is 2. The largest absolute Gasteiger partial charge is 0.484 e. The van der Waals surface area contributed by atoms with E-state index in [0.29, 0.717) is 19.3 Å². The molecule has 2 unspecified atom stereocenters. The number of carbonyl (C=O) groups is 3. The van der Waals surface area contributed by atoms with Crippen molar-refractivity contribution in [2.75, 3.05) is 18.1 Å². The molecule has 2 aromatic carbocycles. The molecule has 6 rings (SSSR count). The van der Waals surface area contributed by atoms with E-state index in [1.807, 2.05) is 0 Å². The molecule has 0 spiro atoms. The van der Waals surface area contributed by atoms with E-state index in [2.05, 4.69) is 10.6 Å². The maximum Gasteiger partial charge on any atom is 0.463 e. The fraction of sp³-hybridized carbons (Fsp3) is 0.423. The van der Waals surface area contributed by atoms with E-state index < -0.39 is 72.2 Å². The second kappa shape index (κ2) is 10.7. The Kier molecular flexibility index (Phi) is 7.67. The van der Waals surface area contributed by atoms with Crippen LogP contribution in [0, 0.1) is 11.7 Å². The predicted octanol–water partition coefficient (Wildman–Crippen LogP) is 4.66. The molecule has 3 amide bonds. The number of amides is 3. The molecule has 16 heteroatoms. The summed E-state index contributed by atoms with van der Waals surface area (Å²) in [4.78, 5) is 38.1. The molecular weight excluding hydrogens is 619 g/mol. The van der Waals surface area contributed by atoms with Crippen molar-refractivity contribution >= 4 is 46.6 Å². The Labute approximate surface area is 244 Å². The lowest BCUT2D eigenvalue weighted by Gasteiger charge is -2.39. The Morgan fingerprint density at radius 1 is 1.05 bits per heavy atom. The van der Waals surface area contributed by atoms with Gasteiger partial charge in [0, 0.05) is 22.7 Å². The zero-order valence-electron chi connectivity index (χ0n) is 21.2. The Morgan fingerprint density at radius 3 is 2.43 bits per heavy atom. The SMILES string of the molecule is O=C(COc1ccc(Cl)c(F)c1)NC12CC(C1)C(NC(=O)C1CN(C(=O)C(F)(F)C(F)(F)F)c3cc(Cl)ccc3O1)C2. The Hall–Kier alpha value is -3.39. The quantitative estimate of drug-likeness (QED) is 0.430. The fourth-order valence-corrected chi connectivity index (χ4v) is 5.79. The molecule has 226 valence electrons. The van der Waals surface area contributed by atoms with Crippen molar-refractivity contribution < 1.29 is 50.2 Å². The molecule has 3 saturated carbocycles. The minimum absolute atomic E-state index is 0.0532. The summed E-state index contributed by atoms with van der Waals surface area (Å²) in [6.45, 7) is -1.33. The summed E-state index contributed by atoms with van der Waals surface area (Å²) in [5.74, 6) is -10.6. The number of benzene rings is 2. The summed E-state index contributed by atoms with van der Waals surface area (Å²) in [5, 5.41) is 5.39. The van der Waals surface area contributed by atoms with Crippen molar-refractivity contribution in [1.29, 1.82) is 0 Å². The third-order valence-corrected chi connectivity index (χ3v) is 8.01. The Morgan fingerprint density at radius 2 is 1.76 bits per heavy atom. The van der Waals surface area contributed by atoms with Gasteiger partial charge in [-0.15, -0.1) is 0 Å². The van der Waals surface area contributed by atoms with Crippen molar-refractivity contribution in [2.45, 2.75) is 49.0 Å². The summed E-state index contributed by atoms with van der Waals surface area (Å²) in [6.07, 6.45) is -6.46. The van der Waals surface area contributed by atoms with Gasteiger partial charge in [-0.2, -0.15) is 22.0 Å². The van der Waals surface area contributed by atoms with Crippen LogP contribution in [0.2, 0.25) is 10.0 Å². The van der Waals surface area contributed by atoms with E-state index >= 15 is 0 Å². The standard InChI is InChI=1S/C26H21Cl2F6N3O5/c27-13-1-4-19-18(5-13)37(23(40)25(30,31)26(32,33)34)10-20(42-19)22(39)35-17-9-24(7-12(17)8-24)36-21(38)11-41-14-2-3-15(28)16(29)6-14/h1-6,12,17,20H,7-11H2,(H,35,39)(H,36,38). The summed E-state index contributed by atoms with van der Waals surface area (Å²) < 4.78 is 91.3. The van der Waals surface area contributed by atoms with Crippen LogP contribution in [0.1, 0.15) is 19.3 Å². The zero-order chi connectivity index (χ0) is 30.6. The van der Waals surface area contributed by atoms with Gasteiger partial charge in [-0.25, -0.2) is 4.39 Å². The maximum absolute atomic E-state index is 14.0.